The Morgan fingerprint density at radius 3 is 2.10 bits per heavy atom. The van der Waals surface area contributed by atoms with Gasteiger partial charge >= 0.3 is 0 Å². The number of thiophene rings is 1. The van der Waals surface area contributed by atoms with Crippen LogP contribution in [0.5, 0.6) is 0 Å². The minimum Gasteiger partial charge on any atom is -0.343 e. The third-order valence-corrected chi connectivity index (χ3v) is 10.4. The van der Waals surface area contributed by atoms with Crippen LogP contribution in [0.3, 0.4) is 0 Å². The summed E-state index contributed by atoms with van der Waals surface area (Å²) in [6, 6.07) is 45.0. The van der Waals surface area contributed by atoms with Gasteiger partial charge < -0.3 is 9.13 Å². The van der Waals surface area contributed by atoms with E-state index in [0.717, 1.165) is 6.42 Å². The zero-order chi connectivity index (χ0) is 27.9. The van der Waals surface area contributed by atoms with E-state index in [-0.39, 0.29) is 0 Å². The molecule has 0 aliphatic rings. The van der Waals surface area contributed by atoms with Crippen LogP contribution in [0.15, 0.2) is 121 Å². The molecule has 0 aliphatic heterocycles. The molecule has 0 saturated carbocycles. The minimum absolute atomic E-state index is 1.01. The fourth-order valence-corrected chi connectivity index (χ4v) is 8.43. The second-order valence-corrected chi connectivity index (χ2v) is 12.3. The molecule has 0 fully saturated rings. The van der Waals surface area contributed by atoms with Gasteiger partial charge in [-0.25, -0.2) is 0 Å². The Labute approximate surface area is 247 Å². The number of hydrogen-bond donors (Lipinski definition) is 0. The van der Waals surface area contributed by atoms with E-state index in [1.165, 1.54) is 86.2 Å². The Hall–Kier alpha value is -4.86. The topological polar surface area (TPSA) is 9.86 Å². The first-order valence-electron chi connectivity index (χ1n) is 14.7. The first kappa shape index (κ1) is 23.8. The summed E-state index contributed by atoms with van der Waals surface area (Å²) in [6.45, 7) is 2.27. The maximum absolute atomic E-state index is 2.47. The summed E-state index contributed by atoms with van der Waals surface area (Å²) in [6.07, 6.45) is 1.01. The molecule has 0 amide bonds. The Bertz CT molecular complexity index is 2520. The zero-order valence-corrected chi connectivity index (χ0v) is 24.4. The summed E-state index contributed by atoms with van der Waals surface area (Å²) in [7, 11) is 2.19. The molecule has 0 N–H and O–H groups in total. The molecule has 0 spiro atoms. The van der Waals surface area contributed by atoms with Crippen molar-refractivity contribution < 1.29 is 0 Å². The van der Waals surface area contributed by atoms with Gasteiger partial charge in [0.2, 0.25) is 0 Å². The molecule has 0 saturated heterocycles. The number of nitrogens with zero attached hydrogens (tertiary/aromatic N) is 2. The molecule has 0 unspecified atom stereocenters. The van der Waals surface area contributed by atoms with Crippen LogP contribution in [0, 0.1) is 0 Å². The Morgan fingerprint density at radius 2 is 1.26 bits per heavy atom. The molecule has 3 heteroatoms. The second-order valence-electron chi connectivity index (χ2n) is 11.3. The minimum atomic E-state index is 1.01. The van der Waals surface area contributed by atoms with Crippen molar-refractivity contribution in [3.8, 4) is 16.8 Å². The fourth-order valence-electron chi connectivity index (χ4n) is 7.16. The van der Waals surface area contributed by atoms with Crippen LogP contribution in [0.1, 0.15) is 12.5 Å². The first-order valence-corrected chi connectivity index (χ1v) is 15.5. The van der Waals surface area contributed by atoms with Gasteiger partial charge in [0.15, 0.2) is 0 Å². The first-order chi connectivity index (χ1) is 20.7. The molecule has 3 aromatic heterocycles. The Kier molecular flexibility index (Phi) is 5.00. The van der Waals surface area contributed by atoms with Crippen LogP contribution in [-0.2, 0) is 13.5 Å². The monoisotopic (exact) mass is 556 g/mol. The molecule has 0 radical (unpaired) electrons. The lowest BCUT2D eigenvalue weighted by molar-refractivity contribution is 1.02. The number of para-hydroxylation sites is 3. The second kappa shape index (κ2) is 8.82. The van der Waals surface area contributed by atoms with Crippen LogP contribution in [0.25, 0.3) is 80.6 Å². The van der Waals surface area contributed by atoms with Crippen molar-refractivity contribution in [2.24, 2.45) is 7.05 Å². The number of hydrogen-bond acceptors (Lipinski definition) is 1. The van der Waals surface area contributed by atoms with Crippen molar-refractivity contribution in [3.63, 3.8) is 0 Å². The fraction of sp³-hybridized carbons (Fsp3) is 0.0769. The van der Waals surface area contributed by atoms with E-state index >= 15 is 0 Å². The molecular weight excluding hydrogens is 529 g/mol. The standard InChI is InChI=1S/C39H28N2S/c1-3-24-21-26(23-33-30-13-6-9-18-37(30)42-39(24)33)41-35-17-8-5-12-29(35)32-22-25(19-20-36(32)41)27-14-10-15-31-28-11-4-7-16-34(28)40(2)38(27)31/h4-23H,3H2,1-2H3. The molecule has 6 aromatic carbocycles. The van der Waals surface area contributed by atoms with Gasteiger partial charge in [-0.3, -0.25) is 0 Å². The maximum Gasteiger partial charge on any atom is 0.0568 e. The average molecular weight is 557 g/mol. The van der Waals surface area contributed by atoms with Crippen molar-refractivity contribution in [1.29, 1.82) is 0 Å². The maximum atomic E-state index is 2.47. The molecule has 9 aromatic rings. The highest BCUT2D eigenvalue weighted by molar-refractivity contribution is 7.26. The van der Waals surface area contributed by atoms with E-state index in [0.29, 0.717) is 0 Å². The van der Waals surface area contributed by atoms with Crippen molar-refractivity contribution in [3.05, 3.63) is 127 Å². The van der Waals surface area contributed by atoms with Crippen molar-refractivity contribution in [1.82, 2.24) is 9.13 Å². The van der Waals surface area contributed by atoms with Gasteiger partial charge in [-0.2, -0.15) is 0 Å². The average Bonchev–Trinajstić information content (AvgIpc) is 3.68. The SMILES string of the molecule is CCc1cc(-n2c3ccccc3c3cc(-c4cccc5c6ccccc6n(C)c45)ccc32)cc2c1sc1ccccc12. The van der Waals surface area contributed by atoms with Gasteiger partial charge in [0, 0.05) is 65.5 Å². The number of benzene rings is 6. The van der Waals surface area contributed by atoms with E-state index in [1.807, 2.05) is 11.3 Å². The van der Waals surface area contributed by atoms with E-state index in [2.05, 4.69) is 144 Å². The molecule has 200 valence electrons. The van der Waals surface area contributed by atoms with Crippen LogP contribution in [-0.4, -0.2) is 9.13 Å². The summed E-state index contributed by atoms with van der Waals surface area (Å²) in [4.78, 5) is 0. The van der Waals surface area contributed by atoms with E-state index < -0.39 is 0 Å². The summed E-state index contributed by atoms with van der Waals surface area (Å²) in [5, 5.41) is 7.88. The highest BCUT2D eigenvalue weighted by Gasteiger charge is 2.18. The van der Waals surface area contributed by atoms with Gasteiger partial charge in [0.1, 0.15) is 0 Å². The number of rotatable bonds is 3. The lowest BCUT2D eigenvalue weighted by Gasteiger charge is -2.12. The number of aromatic nitrogens is 2. The molecule has 0 atom stereocenters. The molecular formula is C39H28N2S. The van der Waals surface area contributed by atoms with Crippen molar-refractivity contribution >= 4 is 75.1 Å². The van der Waals surface area contributed by atoms with Crippen LogP contribution in [0.2, 0.25) is 0 Å². The molecule has 2 nitrogen and oxygen atoms in total. The highest BCUT2D eigenvalue weighted by Crippen LogP contribution is 2.42. The van der Waals surface area contributed by atoms with Crippen molar-refractivity contribution in [2.45, 2.75) is 13.3 Å². The normalized spacial score (nSPS) is 12.1. The van der Waals surface area contributed by atoms with Gasteiger partial charge in [0.05, 0.1) is 16.6 Å². The van der Waals surface area contributed by atoms with Crippen LogP contribution in [0.4, 0.5) is 0 Å². The lowest BCUT2D eigenvalue weighted by atomic mass is 10.00. The van der Waals surface area contributed by atoms with E-state index in [9.17, 15) is 0 Å². The van der Waals surface area contributed by atoms with Gasteiger partial charge in [0.25, 0.3) is 0 Å². The summed E-state index contributed by atoms with van der Waals surface area (Å²) >= 11 is 1.92. The largest absolute Gasteiger partial charge is 0.343 e. The Morgan fingerprint density at radius 1 is 0.571 bits per heavy atom. The van der Waals surface area contributed by atoms with Gasteiger partial charge in [-0.15, -0.1) is 11.3 Å². The number of aryl methyl sites for hydroxylation is 2. The van der Waals surface area contributed by atoms with E-state index in [4.69, 9.17) is 0 Å². The van der Waals surface area contributed by atoms with Crippen LogP contribution < -0.4 is 0 Å². The predicted octanol–water partition coefficient (Wildman–Crippen LogP) is 11.0. The number of fused-ring (bicyclic) bond motifs is 9. The zero-order valence-electron chi connectivity index (χ0n) is 23.6. The summed E-state index contributed by atoms with van der Waals surface area (Å²) in [5.74, 6) is 0. The highest BCUT2D eigenvalue weighted by atomic mass is 32.1. The van der Waals surface area contributed by atoms with Gasteiger partial charge in [-0.05, 0) is 60.0 Å². The van der Waals surface area contributed by atoms with Crippen LogP contribution >= 0.6 is 11.3 Å². The summed E-state index contributed by atoms with van der Waals surface area (Å²) < 4.78 is 7.58. The van der Waals surface area contributed by atoms with Crippen molar-refractivity contribution in [2.75, 3.05) is 0 Å². The molecule has 9 rings (SSSR count). The third kappa shape index (κ3) is 3.20. The quantitative estimate of drug-likeness (QED) is 0.205. The Balaban J connectivity index is 1.33. The predicted molar refractivity (Wildman–Crippen MR) is 182 cm³/mol. The third-order valence-electron chi connectivity index (χ3n) is 9.09. The van der Waals surface area contributed by atoms with E-state index in [1.54, 1.807) is 0 Å². The molecule has 3 heterocycles. The molecule has 0 bridgehead atoms. The molecule has 42 heavy (non-hydrogen) atoms. The smallest absolute Gasteiger partial charge is 0.0568 e. The lowest BCUT2D eigenvalue weighted by Crippen LogP contribution is -1.96. The van der Waals surface area contributed by atoms with Gasteiger partial charge in [-0.1, -0.05) is 85.8 Å². The molecule has 0 aliphatic carbocycles. The summed E-state index contributed by atoms with van der Waals surface area (Å²) in [5.41, 5.74) is 10.2.